The number of aryl methyl sites for hydroxylation is 2. The Morgan fingerprint density at radius 2 is 2.09 bits per heavy atom. The molecule has 4 heteroatoms. The number of amides is 1. The number of benzene rings is 1. The molecule has 22 heavy (non-hydrogen) atoms. The molecule has 0 unspecified atom stereocenters. The summed E-state index contributed by atoms with van der Waals surface area (Å²) in [5.74, 6) is 0. The highest BCUT2D eigenvalue weighted by Crippen LogP contribution is 2.29. The van der Waals surface area contributed by atoms with E-state index in [0.717, 1.165) is 50.9 Å². The van der Waals surface area contributed by atoms with Gasteiger partial charge < -0.3 is 10.5 Å². The van der Waals surface area contributed by atoms with Crippen molar-refractivity contribution in [1.29, 1.82) is 0 Å². The predicted molar refractivity (Wildman–Crippen MR) is 90.3 cm³/mol. The van der Waals surface area contributed by atoms with Crippen LogP contribution in [0.2, 0.25) is 0 Å². The van der Waals surface area contributed by atoms with Crippen LogP contribution in [0.5, 0.6) is 0 Å². The maximum atomic E-state index is 12.4. The molecule has 0 bridgehead atoms. The third-order valence-corrected chi connectivity index (χ3v) is 3.80. The largest absolute Gasteiger partial charge is 0.443 e. The van der Waals surface area contributed by atoms with Gasteiger partial charge in [0.05, 0.1) is 5.69 Å². The molecule has 0 spiro atoms. The molecule has 1 aliphatic rings. The van der Waals surface area contributed by atoms with Crippen molar-refractivity contribution >= 4 is 11.8 Å². The van der Waals surface area contributed by atoms with Gasteiger partial charge in [-0.15, -0.1) is 0 Å². The van der Waals surface area contributed by atoms with E-state index in [1.807, 2.05) is 20.8 Å². The molecule has 0 aromatic heterocycles. The van der Waals surface area contributed by atoms with Gasteiger partial charge in [-0.25, -0.2) is 4.79 Å². The summed E-state index contributed by atoms with van der Waals surface area (Å²) in [6, 6.07) is 6.43. The number of hydrogen-bond donors (Lipinski definition) is 1. The second-order valence-corrected chi connectivity index (χ2v) is 6.94. The Labute approximate surface area is 133 Å². The average molecular weight is 304 g/mol. The fourth-order valence-corrected chi connectivity index (χ4v) is 2.79. The highest BCUT2D eigenvalue weighted by atomic mass is 16.6. The molecule has 0 atom stereocenters. The third kappa shape index (κ3) is 4.47. The minimum absolute atomic E-state index is 0.246. The Hall–Kier alpha value is -1.55. The zero-order valence-electron chi connectivity index (χ0n) is 14.0. The summed E-state index contributed by atoms with van der Waals surface area (Å²) in [7, 11) is 0. The standard InChI is InChI=1S/C18H28N2O2/c1-18(2,3)22-17(21)20-12-6-8-15-13-14(7-4-5-11-19)9-10-16(15)20/h9-10,13H,4-8,11-12,19H2,1-3H3. The van der Waals surface area contributed by atoms with Crippen LogP contribution in [-0.2, 0) is 17.6 Å². The van der Waals surface area contributed by atoms with E-state index in [-0.39, 0.29) is 6.09 Å². The first kappa shape index (κ1) is 16.8. The maximum absolute atomic E-state index is 12.4. The summed E-state index contributed by atoms with van der Waals surface area (Å²) in [4.78, 5) is 14.1. The number of fused-ring (bicyclic) bond motifs is 1. The van der Waals surface area contributed by atoms with E-state index < -0.39 is 5.60 Å². The average Bonchev–Trinajstić information content (AvgIpc) is 2.45. The first-order valence-electron chi connectivity index (χ1n) is 8.23. The second-order valence-electron chi connectivity index (χ2n) is 6.94. The van der Waals surface area contributed by atoms with Gasteiger partial charge >= 0.3 is 6.09 Å². The lowest BCUT2D eigenvalue weighted by atomic mass is 9.97. The molecule has 122 valence electrons. The monoisotopic (exact) mass is 304 g/mol. The molecule has 2 rings (SSSR count). The fourth-order valence-electron chi connectivity index (χ4n) is 2.79. The zero-order chi connectivity index (χ0) is 16.2. The third-order valence-electron chi connectivity index (χ3n) is 3.80. The van der Waals surface area contributed by atoms with Gasteiger partial charge in [-0.1, -0.05) is 12.1 Å². The SMILES string of the molecule is CC(C)(C)OC(=O)N1CCCc2cc(CCCCN)ccc21. The Morgan fingerprint density at radius 3 is 2.77 bits per heavy atom. The number of carbonyl (C=O) groups is 1. The minimum atomic E-state index is -0.461. The van der Waals surface area contributed by atoms with Crippen molar-refractivity contribution in [2.45, 2.75) is 58.5 Å². The summed E-state index contributed by atoms with van der Waals surface area (Å²) in [6.07, 6.45) is 4.99. The van der Waals surface area contributed by atoms with Gasteiger partial charge in [0, 0.05) is 6.54 Å². The van der Waals surface area contributed by atoms with Crippen molar-refractivity contribution in [2.24, 2.45) is 5.73 Å². The number of ether oxygens (including phenoxy) is 1. The van der Waals surface area contributed by atoms with E-state index in [9.17, 15) is 4.79 Å². The number of hydrogen-bond acceptors (Lipinski definition) is 3. The van der Waals surface area contributed by atoms with Crippen LogP contribution >= 0.6 is 0 Å². The summed E-state index contributed by atoms with van der Waals surface area (Å²) in [5.41, 5.74) is 8.67. The van der Waals surface area contributed by atoms with Crippen LogP contribution < -0.4 is 10.6 Å². The lowest BCUT2D eigenvalue weighted by Crippen LogP contribution is -2.39. The van der Waals surface area contributed by atoms with Crippen LogP contribution in [-0.4, -0.2) is 24.8 Å². The molecule has 1 amide bonds. The lowest BCUT2D eigenvalue weighted by molar-refractivity contribution is 0.0578. The summed E-state index contributed by atoms with van der Waals surface area (Å²) in [5, 5.41) is 0. The van der Waals surface area contributed by atoms with Crippen molar-refractivity contribution in [3.05, 3.63) is 29.3 Å². The van der Waals surface area contributed by atoms with Gasteiger partial charge in [-0.3, -0.25) is 4.90 Å². The van der Waals surface area contributed by atoms with Crippen LogP contribution in [0, 0.1) is 0 Å². The van der Waals surface area contributed by atoms with Gasteiger partial charge in [0.25, 0.3) is 0 Å². The maximum Gasteiger partial charge on any atom is 0.414 e. The number of carbonyl (C=O) groups excluding carboxylic acids is 1. The Kier molecular flexibility index (Phi) is 5.46. The van der Waals surface area contributed by atoms with Crippen LogP contribution in [0.3, 0.4) is 0 Å². The van der Waals surface area contributed by atoms with E-state index in [0.29, 0.717) is 0 Å². The fraction of sp³-hybridized carbons (Fsp3) is 0.611. The Balaban J connectivity index is 2.12. The normalized spacial score (nSPS) is 14.6. The molecule has 0 aliphatic carbocycles. The molecule has 1 aliphatic heterocycles. The van der Waals surface area contributed by atoms with E-state index in [4.69, 9.17) is 10.5 Å². The molecule has 4 nitrogen and oxygen atoms in total. The smallest absolute Gasteiger partial charge is 0.414 e. The van der Waals surface area contributed by atoms with Gasteiger partial charge in [-0.2, -0.15) is 0 Å². The Morgan fingerprint density at radius 1 is 1.32 bits per heavy atom. The predicted octanol–water partition coefficient (Wildman–Crippen LogP) is 3.66. The second kappa shape index (κ2) is 7.14. The first-order valence-corrected chi connectivity index (χ1v) is 8.23. The van der Waals surface area contributed by atoms with Crippen LogP contribution in [0.4, 0.5) is 10.5 Å². The molecule has 1 aromatic carbocycles. The molecular weight excluding hydrogens is 276 g/mol. The van der Waals surface area contributed by atoms with Gasteiger partial charge in [0.2, 0.25) is 0 Å². The van der Waals surface area contributed by atoms with E-state index in [1.54, 1.807) is 4.90 Å². The first-order chi connectivity index (χ1) is 10.4. The molecule has 0 saturated heterocycles. The number of rotatable bonds is 4. The molecule has 0 fully saturated rings. The van der Waals surface area contributed by atoms with Gasteiger partial charge in [0.15, 0.2) is 0 Å². The highest BCUT2D eigenvalue weighted by Gasteiger charge is 2.27. The summed E-state index contributed by atoms with van der Waals surface area (Å²) < 4.78 is 5.52. The molecule has 1 heterocycles. The molecule has 0 saturated carbocycles. The van der Waals surface area contributed by atoms with E-state index >= 15 is 0 Å². The van der Waals surface area contributed by atoms with Crippen LogP contribution in [0.15, 0.2) is 18.2 Å². The van der Waals surface area contributed by atoms with Crippen molar-refractivity contribution < 1.29 is 9.53 Å². The molecule has 2 N–H and O–H groups in total. The minimum Gasteiger partial charge on any atom is -0.443 e. The molecule has 1 aromatic rings. The highest BCUT2D eigenvalue weighted by molar-refractivity contribution is 5.89. The summed E-state index contributed by atoms with van der Waals surface area (Å²) in [6.45, 7) is 7.18. The summed E-state index contributed by atoms with van der Waals surface area (Å²) >= 11 is 0. The Bertz CT molecular complexity index is 520. The van der Waals surface area contributed by atoms with Crippen LogP contribution in [0.25, 0.3) is 0 Å². The number of unbranched alkanes of at least 4 members (excludes halogenated alkanes) is 1. The van der Waals surface area contributed by atoms with Crippen molar-refractivity contribution in [3.8, 4) is 0 Å². The molecular formula is C18H28N2O2. The number of nitrogens with two attached hydrogens (primary N) is 1. The quantitative estimate of drug-likeness (QED) is 0.864. The number of nitrogens with zero attached hydrogens (tertiary/aromatic N) is 1. The zero-order valence-corrected chi connectivity index (χ0v) is 14.0. The van der Waals surface area contributed by atoms with Crippen molar-refractivity contribution in [2.75, 3.05) is 18.0 Å². The van der Waals surface area contributed by atoms with E-state index in [1.165, 1.54) is 11.1 Å². The molecule has 0 radical (unpaired) electrons. The van der Waals surface area contributed by atoms with Gasteiger partial charge in [0.1, 0.15) is 5.60 Å². The number of anilines is 1. The van der Waals surface area contributed by atoms with Crippen molar-refractivity contribution in [3.63, 3.8) is 0 Å². The van der Waals surface area contributed by atoms with Gasteiger partial charge in [-0.05, 0) is 76.6 Å². The lowest BCUT2D eigenvalue weighted by Gasteiger charge is -2.32. The van der Waals surface area contributed by atoms with E-state index in [2.05, 4.69) is 18.2 Å². The topological polar surface area (TPSA) is 55.6 Å². The van der Waals surface area contributed by atoms with Crippen molar-refractivity contribution in [1.82, 2.24) is 0 Å². The van der Waals surface area contributed by atoms with Crippen LogP contribution in [0.1, 0.15) is 51.2 Å².